The summed E-state index contributed by atoms with van der Waals surface area (Å²) in [4.78, 5) is 24.4. The van der Waals surface area contributed by atoms with Crippen LogP contribution in [0.2, 0.25) is 0 Å². The van der Waals surface area contributed by atoms with Gasteiger partial charge in [0.05, 0.1) is 5.37 Å². The number of thioether (sulfide) groups is 1. The van der Waals surface area contributed by atoms with Gasteiger partial charge in [0.2, 0.25) is 5.91 Å². The zero-order valence-electron chi connectivity index (χ0n) is 9.39. The maximum Gasteiger partial charge on any atom is 0.327 e. The molecule has 1 saturated heterocycles. The van der Waals surface area contributed by atoms with Gasteiger partial charge in [-0.1, -0.05) is 13.0 Å². The summed E-state index contributed by atoms with van der Waals surface area (Å²) in [5.74, 6) is -0.493. The third kappa shape index (κ3) is 2.78. The first-order chi connectivity index (χ1) is 7.61. The molecular weight excluding hydrogens is 226 g/mol. The molecule has 0 saturated carbocycles. The molecule has 0 bridgehead atoms. The summed E-state index contributed by atoms with van der Waals surface area (Å²) in [5, 5.41) is 9.06. The molecule has 1 aliphatic heterocycles. The summed E-state index contributed by atoms with van der Waals surface area (Å²) in [6.07, 6.45) is 3.42. The highest BCUT2D eigenvalue weighted by Gasteiger charge is 2.40. The van der Waals surface area contributed by atoms with Gasteiger partial charge in [-0.15, -0.1) is 18.3 Å². The van der Waals surface area contributed by atoms with Gasteiger partial charge in [-0.3, -0.25) is 4.79 Å². The molecule has 2 atom stereocenters. The fourth-order valence-corrected chi connectivity index (χ4v) is 3.13. The lowest BCUT2D eigenvalue weighted by molar-refractivity contribution is -0.149. The minimum atomic E-state index is -0.907. The van der Waals surface area contributed by atoms with E-state index in [1.807, 2.05) is 6.92 Å². The van der Waals surface area contributed by atoms with E-state index in [0.717, 1.165) is 6.42 Å². The van der Waals surface area contributed by atoms with Crippen LogP contribution in [0.5, 0.6) is 0 Å². The highest BCUT2D eigenvalue weighted by Crippen LogP contribution is 2.31. The van der Waals surface area contributed by atoms with Crippen molar-refractivity contribution in [1.29, 1.82) is 0 Å². The summed E-state index contributed by atoms with van der Waals surface area (Å²) < 4.78 is 0. The van der Waals surface area contributed by atoms with Gasteiger partial charge >= 0.3 is 5.97 Å². The Morgan fingerprint density at radius 1 is 1.62 bits per heavy atom. The van der Waals surface area contributed by atoms with E-state index in [9.17, 15) is 9.59 Å². The van der Waals surface area contributed by atoms with Crippen molar-refractivity contribution in [3.05, 3.63) is 12.7 Å². The average molecular weight is 243 g/mol. The number of carbonyl (C=O) groups is 2. The fourth-order valence-electron chi connectivity index (χ4n) is 1.76. The van der Waals surface area contributed by atoms with Crippen LogP contribution in [0, 0.1) is 0 Å². The third-order valence-corrected chi connectivity index (χ3v) is 4.03. The number of hydrogen-bond acceptors (Lipinski definition) is 3. The Kier molecular flexibility index (Phi) is 4.86. The van der Waals surface area contributed by atoms with Gasteiger partial charge in [0.25, 0.3) is 0 Å². The maximum atomic E-state index is 11.9. The van der Waals surface area contributed by atoms with Gasteiger partial charge in [0.15, 0.2) is 0 Å². The van der Waals surface area contributed by atoms with Gasteiger partial charge in [-0.2, -0.15) is 0 Å². The molecule has 1 amide bonds. The summed E-state index contributed by atoms with van der Waals surface area (Å²) >= 11 is 1.55. The SMILES string of the molecule is C=CCCC(=O)N1C(CC)SCC1C(=O)O. The smallest absolute Gasteiger partial charge is 0.327 e. The number of carboxylic acids is 1. The minimum Gasteiger partial charge on any atom is -0.480 e. The topological polar surface area (TPSA) is 57.6 Å². The number of aliphatic carboxylic acids is 1. The molecule has 0 radical (unpaired) electrons. The Morgan fingerprint density at radius 2 is 2.31 bits per heavy atom. The van der Waals surface area contributed by atoms with E-state index in [0.29, 0.717) is 18.6 Å². The van der Waals surface area contributed by atoms with Crippen LogP contribution in [0.4, 0.5) is 0 Å². The molecule has 5 heteroatoms. The van der Waals surface area contributed by atoms with Crippen molar-refractivity contribution in [2.75, 3.05) is 5.75 Å². The van der Waals surface area contributed by atoms with Crippen molar-refractivity contribution in [2.24, 2.45) is 0 Å². The molecule has 1 heterocycles. The molecule has 1 rings (SSSR count). The van der Waals surface area contributed by atoms with Gasteiger partial charge in [-0.25, -0.2) is 4.79 Å². The molecule has 4 nitrogen and oxygen atoms in total. The highest BCUT2D eigenvalue weighted by molar-refractivity contribution is 8.00. The molecule has 0 aliphatic carbocycles. The van der Waals surface area contributed by atoms with Crippen molar-refractivity contribution >= 4 is 23.6 Å². The average Bonchev–Trinajstić information content (AvgIpc) is 2.69. The van der Waals surface area contributed by atoms with Crippen LogP contribution in [0.1, 0.15) is 26.2 Å². The second kappa shape index (κ2) is 5.94. The first-order valence-corrected chi connectivity index (χ1v) is 6.43. The molecule has 0 spiro atoms. The number of nitrogens with zero attached hydrogens (tertiary/aromatic N) is 1. The zero-order chi connectivity index (χ0) is 12.1. The van der Waals surface area contributed by atoms with E-state index in [-0.39, 0.29) is 11.3 Å². The van der Waals surface area contributed by atoms with E-state index in [2.05, 4.69) is 6.58 Å². The summed E-state index contributed by atoms with van der Waals surface area (Å²) in [6, 6.07) is -0.660. The summed E-state index contributed by atoms with van der Waals surface area (Å²) in [5.41, 5.74) is 0. The second-order valence-corrected chi connectivity index (χ2v) is 4.89. The Morgan fingerprint density at radius 3 is 2.81 bits per heavy atom. The van der Waals surface area contributed by atoms with Crippen molar-refractivity contribution in [3.63, 3.8) is 0 Å². The summed E-state index contributed by atoms with van der Waals surface area (Å²) in [7, 11) is 0. The number of carboxylic acid groups (broad SMARTS) is 1. The van der Waals surface area contributed by atoms with Crippen LogP contribution < -0.4 is 0 Å². The van der Waals surface area contributed by atoms with E-state index in [1.165, 1.54) is 4.90 Å². The van der Waals surface area contributed by atoms with E-state index < -0.39 is 12.0 Å². The van der Waals surface area contributed by atoms with Crippen LogP contribution in [0.3, 0.4) is 0 Å². The van der Waals surface area contributed by atoms with Crippen LogP contribution in [0.25, 0.3) is 0 Å². The monoisotopic (exact) mass is 243 g/mol. The standard InChI is InChI=1S/C11H17NO3S/c1-3-5-6-9(13)12-8(11(14)15)7-16-10(12)4-2/h3,8,10H,1,4-7H2,2H3,(H,14,15). The normalized spacial score (nSPS) is 24.4. The van der Waals surface area contributed by atoms with Gasteiger partial charge < -0.3 is 10.0 Å². The van der Waals surface area contributed by atoms with E-state index in [1.54, 1.807) is 17.8 Å². The lowest BCUT2D eigenvalue weighted by atomic mass is 10.2. The van der Waals surface area contributed by atoms with Crippen LogP contribution in [-0.2, 0) is 9.59 Å². The van der Waals surface area contributed by atoms with Crippen molar-refractivity contribution in [1.82, 2.24) is 4.90 Å². The van der Waals surface area contributed by atoms with E-state index in [4.69, 9.17) is 5.11 Å². The largest absolute Gasteiger partial charge is 0.480 e. The van der Waals surface area contributed by atoms with Gasteiger partial charge in [0, 0.05) is 12.2 Å². The molecule has 1 aliphatic rings. The van der Waals surface area contributed by atoms with Gasteiger partial charge in [-0.05, 0) is 12.8 Å². The predicted octanol–water partition coefficient (Wildman–Crippen LogP) is 1.72. The Labute approximate surface area is 99.7 Å². The molecule has 2 unspecified atom stereocenters. The van der Waals surface area contributed by atoms with Crippen LogP contribution >= 0.6 is 11.8 Å². The number of rotatable bonds is 5. The van der Waals surface area contributed by atoms with Crippen LogP contribution in [0.15, 0.2) is 12.7 Å². The Hall–Kier alpha value is -0.970. The Bertz CT molecular complexity index is 293. The summed E-state index contributed by atoms with van der Waals surface area (Å²) in [6.45, 7) is 5.53. The number of hydrogen-bond donors (Lipinski definition) is 1. The lowest BCUT2D eigenvalue weighted by Gasteiger charge is -2.26. The third-order valence-electron chi connectivity index (χ3n) is 2.58. The molecule has 90 valence electrons. The highest BCUT2D eigenvalue weighted by atomic mass is 32.2. The molecule has 0 aromatic carbocycles. The minimum absolute atomic E-state index is 0.0124. The van der Waals surface area contributed by atoms with Gasteiger partial charge in [0.1, 0.15) is 6.04 Å². The second-order valence-electron chi connectivity index (χ2n) is 3.68. The molecule has 0 aromatic heterocycles. The number of allylic oxidation sites excluding steroid dienone is 1. The first kappa shape index (κ1) is 13.1. The molecular formula is C11H17NO3S. The molecule has 16 heavy (non-hydrogen) atoms. The molecule has 0 aromatic rings. The van der Waals surface area contributed by atoms with E-state index >= 15 is 0 Å². The number of amides is 1. The zero-order valence-corrected chi connectivity index (χ0v) is 10.2. The van der Waals surface area contributed by atoms with Crippen molar-refractivity contribution < 1.29 is 14.7 Å². The molecule has 1 N–H and O–H groups in total. The van der Waals surface area contributed by atoms with Crippen molar-refractivity contribution in [2.45, 2.75) is 37.6 Å². The fraction of sp³-hybridized carbons (Fsp3) is 0.636. The van der Waals surface area contributed by atoms with Crippen LogP contribution in [-0.4, -0.2) is 39.1 Å². The molecule has 1 fully saturated rings. The first-order valence-electron chi connectivity index (χ1n) is 5.38. The Balaban J connectivity index is 2.72. The predicted molar refractivity (Wildman–Crippen MR) is 64.2 cm³/mol. The number of carbonyl (C=O) groups excluding carboxylic acids is 1. The van der Waals surface area contributed by atoms with Crippen molar-refractivity contribution in [3.8, 4) is 0 Å². The lowest BCUT2D eigenvalue weighted by Crippen LogP contribution is -2.45. The quantitative estimate of drug-likeness (QED) is 0.747. The maximum absolute atomic E-state index is 11.9.